The van der Waals surface area contributed by atoms with Gasteiger partial charge in [-0.3, -0.25) is 0 Å². The Balaban J connectivity index is 2.08. The van der Waals surface area contributed by atoms with Crippen LogP contribution in [0.3, 0.4) is 0 Å². The third-order valence-electron chi connectivity index (χ3n) is 4.62. The first-order valence-electron chi connectivity index (χ1n) is 7.12. The van der Waals surface area contributed by atoms with Crippen molar-refractivity contribution in [2.75, 3.05) is 0 Å². The van der Waals surface area contributed by atoms with Gasteiger partial charge in [-0.2, -0.15) is 13.2 Å². The van der Waals surface area contributed by atoms with E-state index in [0.29, 0.717) is 19.3 Å². The Morgan fingerprint density at radius 1 is 1.15 bits per heavy atom. The van der Waals surface area contributed by atoms with Crippen molar-refractivity contribution >= 4 is 0 Å². The summed E-state index contributed by atoms with van der Waals surface area (Å²) in [6.07, 6.45) is -2.18. The zero-order valence-corrected chi connectivity index (χ0v) is 12.1. The van der Waals surface area contributed by atoms with Crippen molar-refractivity contribution in [3.05, 3.63) is 34.9 Å². The Hall–Kier alpha value is -1.03. The minimum absolute atomic E-state index is 0.158. The van der Waals surface area contributed by atoms with E-state index in [1.807, 2.05) is 32.0 Å². The fourth-order valence-corrected chi connectivity index (χ4v) is 3.18. The molecule has 1 fully saturated rings. The Morgan fingerprint density at radius 3 is 2.10 bits per heavy atom. The van der Waals surface area contributed by atoms with Crippen molar-refractivity contribution < 1.29 is 13.2 Å². The first-order chi connectivity index (χ1) is 9.21. The van der Waals surface area contributed by atoms with E-state index in [4.69, 9.17) is 5.73 Å². The maximum absolute atomic E-state index is 12.7. The highest BCUT2D eigenvalue weighted by molar-refractivity contribution is 5.35. The second-order valence-corrected chi connectivity index (χ2v) is 6.23. The number of hydrogen-bond acceptors (Lipinski definition) is 1. The molecular formula is C16H22F3N. The molecule has 1 aromatic carbocycles. The van der Waals surface area contributed by atoms with E-state index in [-0.39, 0.29) is 12.8 Å². The van der Waals surface area contributed by atoms with E-state index >= 15 is 0 Å². The number of benzene rings is 1. The third-order valence-corrected chi connectivity index (χ3v) is 4.62. The van der Waals surface area contributed by atoms with Crippen LogP contribution in [0.15, 0.2) is 18.2 Å². The summed E-state index contributed by atoms with van der Waals surface area (Å²) < 4.78 is 38.1. The summed E-state index contributed by atoms with van der Waals surface area (Å²) in [6.45, 7) is 4.07. The molecule has 0 unspecified atom stereocenters. The fraction of sp³-hybridized carbons (Fsp3) is 0.625. The van der Waals surface area contributed by atoms with Gasteiger partial charge in [-0.05, 0) is 62.6 Å². The molecule has 0 spiro atoms. The molecule has 2 rings (SSSR count). The molecule has 0 saturated heterocycles. The lowest BCUT2D eigenvalue weighted by atomic mass is 9.73. The summed E-state index contributed by atoms with van der Waals surface area (Å²) in [5, 5.41) is 0. The van der Waals surface area contributed by atoms with E-state index in [2.05, 4.69) is 0 Å². The van der Waals surface area contributed by atoms with Gasteiger partial charge in [-0.25, -0.2) is 0 Å². The van der Waals surface area contributed by atoms with Crippen molar-refractivity contribution in [3.63, 3.8) is 0 Å². The zero-order chi connectivity index (χ0) is 15.0. The number of alkyl halides is 3. The largest absolute Gasteiger partial charge is 0.391 e. The maximum atomic E-state index is 12.7. The molecule has 1 aromatic rings. The minimum Gasteiger partial charge on any atom is -0.325 e. The summed E-state index contributed by atoms with van der Waals surface area (Å²) >= 11 is 0. The number of rotatable bonds is 2. The molecule has 0 aliphatic heterocycles. The van der Waals surface area contributed by atoms with Gasteiger partial charge < -0.3 is 5.73 Å². The van der Waals surface area contributed by atoms with Gasteiger partial charge in [0.05, 0.1) is 5.92 Å². The second-order valence-electron chi connectivity index (χ2n) is 6.23. The van der Waals surface area contributed by atoms with Crippen LogP contribution in [0.25, 0.3) is 0 Å². The summed E-state index contributed by atoms with van der Waals surface area (Å²) in [5.74, 6) is -1.17. The molecule has 0 amide bonds. The van der Waals surface area contributed by atoms with Gasteiger partial charge in [0.1, 0.15) is 0 Å². The standard InChI is InChI=1S/C16H22F3N/c1-11-4-3-5-12(2)14(11)10-15(20)8-6-13(7-9-15)16(17,18)19/h3-5,13H,6-10,20H2,1-2H3. The summed E-state index contributed by atoms with van der Waals surface area (Å²) in [7, 11) is 0. The molecule has 0 radical (unpaired) electrons. The summed E-state index contributed by atoms with van der Waals surface area (Å²) in [5.41, 5.74) is 9.42. The van der Waals surface area contributed by atoms with Gasteiger partial charge in [0, 0.05) is 5.54 Å². The predicted octanol–water partition coefficient (Wildman–Crippen LogP) is 4.30. The Kier molecular flexibility index (Phi) is 4.14. The van der Waals surface area contributed by atoms with Gasteiger partial charge >= 0.3 is 6.18 Å². The van der Waals surface area contributed by atoms with Crippen LogP contribution >= 0.6 is 0 Å². The van der Waals surface area contributed by atoms with E-state index in [1.165, 1.54) is 16.7 Å². The normalized spacial score (nSPS) is 27.6. The lowest BCUT2D eigenvalue weighted by molar-refractivity contribution is -0.184. The molecule has 0 bridgehead atoms. The van der Waals surface area contributed by atoms with Crippen molar-refractivity contribution in [1.29, 1.82) is 0 Å². The highest BCUT2D eigenvalue weighted by Gasteiger charge is 2.44. The lowest BCUT2D eigenvalue weighted by Crippen LogP contribution is -2.47. The van der Waals surface area contributed by atoms with Crippen molar-refractivity contribution in [3.8, 4) is 0 Å². The van der Waals surface area contributed by atoms with Crippen LogP contribution in [0.1, 0.15) is 42.4 Å². The highest BCUT2D eigenvalue weighted by atomic mass is 19.4. The number of hydrogen-bond donors (Lipinski definition) is 1. The van der Waals surface area contributed by atoms with E-state index < -0.39 is 17.6 Å². The molecule has 2 N–H and O–H groups in total. The van der Waals surface area contributed by atoms with Crippen LogP contribution in [-0.4, -0.2) is 11.7 Å². The smallest absolute Gasteiger partial charge is 0.325 e. The van der Waals surface area contributed by atoms with Gasteiger partial charge in [0.25, 0.3) is 0 Å². The van der Waals surface area contributed by atoms with E-state index in [9.17, 15) is 13.2 Å². The van der Waals surface area contributed by atoms with Gasteiger partial charge in [-0.1, -0.05) is 18.2 Å². The lowest BCUT2D eigenvalue weighted by Gasteiger charge is -2.38. The minimum atomic E-state index is -4.07. The van der Waals surface area contributed by atoms with Crippen LogP contribution in [0.5, 0.6) is 0 Å². The third kappa shape index (κ3) is 3.35. The highest BCUT2D eigenvalue weighted by Crippen LogP contribution is 2.41. The van der Waals surface area contributed by atoms with Crippen LogP contribution in [0.4, 0.5) is 13.2 Å². The first-order valence-corrected chi connectivity index (χ1v) is 7.12. The average Bonchev–Trinajstić information content (AvgIpc) is 2.33. The molecule has 4 heteroatoms. The number of nitrogens with two attached hydrogens (primary N) is 1. The topological polar surface area (TPSA) is 26.0 Å². The summed E-state index contributed by atoms with van der Waals surface area (Å²) in [4.78, 5) is 0. The van der Waals surface area contributed by atoms with E-state index in [0.717, 1.165) is 0 Å². The average molecular weight is 285 g/mol. The van der Waals surface area contributed by atoms with Crippen LogP contribution in [-0.2, 0) is 6.42 Å². The second kappa shape index (κ2) is 5.40. The van der Waals surface area contributed by atoms with Gasteiger partial charge in [-0.15, -0.1) is 0 Å². The Morgan fingerprint density at radius 2 is 1.65 bits per heavy atom. The molecule has 0 aromatic heterocycles. The molecule has 1 aliphatic rings. The van der Waals surface area contributed by atoms with Crippen LogP contribution in [0.2, 0.25) is 0 Å². The first kappa shape index (κ1) is 15.4. The zero-order valence-electron chi connectivity index (χ0n) is 12.1. The molecular weight excluding hydrogens is 263 g/mol. The monoisotopic (exact) mass is 285 g/mol. The number of aryl methyl sites for hydroxylation is 2. The van der Waals surface area contributed by atoms with E-state index in [1.54, 1.807) is 0 Å². The van der Waals surface area contributed by atoms with Crippen molar-refractivity contribution in [2.45, 2.75) is 57.7 Å². The fourth-order valence-electron chi connectivity index (χ4n) is 3.18. The predicted molar refractivity (Wildman–Crippen MR) is 74.6 cm³/mol. The van der Waals surface area contributed by atoms with Crippen molar-refractivity contribution in [1.82, 2.24) is 0 Å². The SMILES string of the molecule is Cc1cccc(C)c1CC1(N)CCC(C(F)(F)F)CC1. The molecule has 20 heavy (non-hydrogen) atoms. The quantitative estimate of drug-likeness (QED) is 0.861. The molecule has 0 heterocycles. The van der Waals surface area contributed by atoms with Gasteiger partial charge in [0.2, 0.25) is 0 Å². The Bertz CT molecular complexity index is 451. The molecule has 112 valence electrons. The van der Waals surface area contributed by atoms with Crippen LogP contribution < -0.4 is 5.73 Å². The summed E-state index contributed by atoms with van der Waals surface area (Å²) in [6, 6.07) is 6.07. The molecule has 0 atom stereocenters. The number of halogens is 3. The molecule has 1 saturated carbocycles. The Labute approximate surface area is 118 Å². The maximum Gasteiger partial charge on any atom is 0.391 e. The van der Waals surface area contributed by atoms with Crippen LogP contribution in [0, 0.1) is 19.8 Å². The molecule has 1 nitrogen and oxygen atoms in total. The van der Waals surface area contributed by atoms with Crippen molar-refractivity contribution in [2.24, 2.45) is 11.7 Å². The molecule has 1 aliphatic carbocycles. The van der Waals surface area contributed by atoms with Gasteiger partial charge in [0.15, 0.2) is 0 Å².